The molecule has 1 aromatic carbocycles. The van der Waals surface area contributed by atoms with E-state index in [2.05, 4.69) is 31.9 Å². The Hall–Kier alpha value is -1.07. The molecular formula is C13H18BrN3O. The summed E-state index contributed by atoms with van der Waals surface area (Å²) in [6.07, 6.45) is 1.14. The van der Waals surface area contributed by atoms with Gasteiger partial charge in [0.25, 0.3) is 0 Å². The van der Waals surface area contributed by atoms with E-state index in [0.717, 1.165) is 36.1 Å². The van der Waals surface area contributed by atoms with Crippen LogP contribution in [-0.4, -0.2) is 25.7 Å². The van der Waals surface area contributed by atoms with Crippen LogP contribution in [0.4, 0.5) is 4.79 Å². The molecule has 0 spiro atoms. The zero-order chi connectivity index (χ0) is 12.8. The van der Waals surface area contributed by atoms with Crippen LogP contribution in [0, 0.1) is 5.92 Å². The fraction of sp³-hybridized carbons (Fsp3) is 0.462. The molecule has 2 rings (SSSR count). The minimum Gasteiger partial charge on any atom is -0.338 e. The summed E-state index contributed by atoms with van der Waals surface area (Å²) in [5.41, 5.74) is 1.08. The highest BCUT2D eigenvalue weighted by Gasteiger charge is 2.14. The monoisotopic (exact) mass is 311 g/mol. The molecule has 1 atom stereocenters. The minimum absolute atomic E-state index is 0.0994. The number of benzene rings is 1. The zero-order valence-electron chi connectivity index (χ0n) is 10.2. The SMILES string of the molecule is O=C(NCc1ccccc1Br)NCC1CCNC1. The van der Waals surface area contributed by atoms with Crippen LogP contribution in [0.15, 0.2) is 28.7 Å². The molecule has 1 saturated heterocycles. The van der Waals surface area contributed by atoms with Crippen LogP contribution in [0.1, 0.15) is 12.0 Å². The Balaban J connectivity index is 1.69. The second-order valence-corrected chi connectivity index (χ2v) is 5.37. The molecule has 1 aliphatic heterocycles. The minimum atomic E-state index is -0.0994. The van der Waals surface area contributed by atoms with Crippen LogP contribution >= 0.6 is 15.9 Å². The fourth-order valence-electron chi connectivity index (χ4n) is 2.01. The van der Waals surface area contributed by atoms with Gasteiger partial charge in [0.2, 0.25) is 0 Å². The quantitative estimate of drug-likeness (QED) is 0.795. The predicted molar refractivity (Wildman–Crippen MR) is 75.4 cm³/mol. The Bertz CT molecular complexity index is 405. The first-order valence-corrected chi connectivity index (χ1v) is 7.01. The second kappa shape index (κ2) is 6.75. The maximum absolute atomic E-state index is 11.6. The summed E-state index contributed by atoms with van der Waals surface area (Å²) >= 11 is 3.46. The lowest BCUT2D eigenvalue weighted by atomic mass is 10.1. The van der Waals surface area contributed by atoms with Gasteiger partial charge < -0.3 is 16.0 Å². The molecule has 0 aliphatic carbocycles. The van der Waals surface area contributed by atoms with Crippen LogP contribution in [-0.2, 0) is 6.54 Å². The van der Waals surface area contributed by atoms with E-state index in [1.807, 2.05) is 24.3 Å². The van der Waals surface area contributed by atoms with E-state index in [9.17, 15) is 4.79 Å². The van der Waals surface area contributed by atoms with Crippen molar-refractivity contribution in [3.63, 3.8) is 0 Å². The third-order valence-corrected chi connectivity index (χ3v) is 3.88. The summed E-state index contributed by atoms with van der Waals surface area (Å²) in [6.45, 7) is 3.35. The van der Waals surface area contributed by atoms with Crippen molar-refractivity contribution in [2.24, 2.45) is 5.92 Å². The van der Waals surface area contributed by atoms with Crippen molar-refractivity contribution in [1.82, 2.24) is 16.0 Å². The lowest BCUT2D eigenvalue weighted by Gasteiger charge is -2.11. The molecule has 1 fully saturated rings. The number of hydrogen-bond acceptors (Lipinski definition) is 2. The number of amides is 2. The zero-order valence-corrected chi connectivity index (χ0v) is 11.8. The molecule has 98 valence electrons. The van der Waals surface area contributed by atoms with Crippen LogP contribution in [0.2, 0.25) is 0 Å². The number of carbonyl (C=O) groups is 1. The van der Waals surface area contributed by atoms with Crippen molar-refractivity contribution in [3.05, 3.63) is 34.3 Å². The Kier molecular flexibility index (Phi) is 5.01. The predicted octanol–water partition coefficient (Wildman–Crippen LogP) is 1.86. The first kappa shape index (κ1) is 13.4. The first-order chi connectivity index (χ1) is 8.75. The summed E-state index contributed by atoms with van der Waals surface area (Å²) in [7, 11) is 0. The summed E-state index contributed by atoms with van der Waals surface area (Å²) in [6, 6.07) is 7.78. The average Bonchev–Trinajstić information content (AvgIpc) is 2.88. The molecule has 2 amide bonds. The van der Waals surface area contributed by atoms with Crippen LogP contribution < -0.4 is 16.0 Å². The molecule has 5 heteroatoms. The smallest absolute Gasteiger partial charge is 0.315 e. The number of halogens is 1. The molecule has 0 aromatic heterocycles. The van der Waals surface area contributed by atoms with Crippen molar-refractivity contribution >= 4 is 22.0 Å². The third kappa shape index (κ3) is 3.99. The summed E-state index contributed by atoms with van der Waals surface area (Å²) in [5.74, 6) is 0.569. The van der Waals surface area contributed by atoms with Crippen LogP contribution in [0.3, 0.4) is 0 Å². The van der Waals surface area contributed by atoms with Gasteiger partial charge in [-0.1, -0.05) is 34.1 Å². The van der Waals surface area contributed by atoms with E-state index in [1.54, 1.807) is 0 Å². The molecule has 1 heterocycles. The molecule has 0 bridgehead atoms. The van der Waals surface area contributed by atoms with Gasteiger partial charge in [0.1, 0.15) is 0 Å². The Morgan fingerprint density at radius 2 is 2.22 bits per heavy atom. The van der Waals surface area contributed by atoms with Gasteiger partial charge >= 0.3 is 6.03 Å². The molecule has 18 heavy (non-hydrogen) atoms. The van der Waals surface area contributed by atoms with E-state index in [-0.39, 0.29) is 6.03 Å². The first-order valence-electron chi connectivity index (χ1n) is 6.21. The standard InChI is InChI=1S/C13H18BrN3O/c14-12-4-2-1-3-11(12)9-17-13(18)16-8-10-5-6-15-7-10/h1-4,10,15H,5-9H2,(H2,16,17,18). The van der Waals surface area contributed by atoms with Crippen LogP contribution in [0.5, 0.6) is 0 Å². The largest absolute Gasteiger partial charge is 0.338 e. The number of hydrogen-bond donors (Lipinski definition) is 3. The van der Waals surface area contributed by atoms with Gasteiger partial charge in [-0.25, -0.2) is 4.79 Å². The number of urea groups is 1. The van der Waals surface area contributed by atoms with Crippen molar-refractivity contribution < 1.29 is 4.79 Å². The average molecular weight is 312 g/mol. The molecule has 0 radical (unpaired) electrons. The highest BCUT2D eigenvalue weighted by atomic mass is 79.9. The van der Waals surface area contributed by atoms with E-state index in [0.29, 0.717) is 12.5 Å². The maximum Gasteiger partial charge on any atom is 0.315 e. The van der Waals surface area contributed by atoms with Crippen molar-refractivity contribution in [1.29, 1.82) is 0 Å². The Morgan fingerprint density at radius 1 is 1.39 bits per heavy atom. The van der Waals surface area contributed by atoms with E-state index >= 15 is 0 Å². The lowest BCUT2D eigenvalue weighted by Crippen LogP contribution is -2.38. The van der Waals surface area contributed by atoms with Crippen molar-refractivity contribution in [3.8, 4) is 0 Å². The summed E-state index contributed by atoms with van der Waals surface area (Å²) in [4.78, 5) is 11.6. The molecule has 3 N–H and O–H groups in total. The molecule has 1 aliphatic rings. The third-order valence-electron chi connectivity index (χ3n) is 3.11. The normalized spacial score (nSPS) is 18.6. The van der Waals surface area contributed by atoms with Gasteiger partial charge in [0.05, 0.1) is 0 Å². The van der Waals surface area contributed by atoms with Gasteiger partial charge in [-0.05, 0) is 37.1 Å². The molecule has 1 unspecified atom stereocenters. The highest BCUT2D eigenvalue weighted by molar-refractivity contribution is 9.10. The van der Waals surface area contributed by atoms with Gasteiger partial charge in [-0.2, -0.15) is 0 Å². The van der Waals surface area contributed by atoms with Crippen LogP contribution in [0.25, 0.3) is 0 Å². The van der Waals surface area contributed by atoms with E-state index in [4.69, 9.17) is 0 Å². The number of nitrogens with one attached hydrogen (secondary N) is 3. The molecule has 1 aromatic rings. The Labute approximate surface area is 116 Å². The van der Waals surface area contributed by atoms with Crippen molar-refractivity contribution in [2.45, 2.75) is 13.0 Å². The molecular weight excluding hydrogens is 294 g/mol. The van der Waals surface area contributed by atoms with Gasteiger partial charge in [-0.15, -0.1) is 0 Å². The van der Waals surface area contributed by atoms with Gasteiger partial charge in [0.15, 0.2) is 0 Å². The topological polar surface area (TPSA) is 53.2 Å². The van der Waals surface area contributed by atoms with Gasteiger partial charge in [0, 0.05) is 17.6 Å². The second-order valence-electron chi connectivity index (χ2n) is 4.51. The van der Waals surface area contributed by atoms with E-state index < -0.39 is 0 Å². The molecule has 4 nitrogen and oxygen atoms in total. The van der Waals surface area contributed by atoms with Crippen molar-refractivity contribution in [2.75, 3.05) is 19.6 Å². The maximum atomic E-state index is 11.6. The highest BCUT2D eigenvalue weighted by Crippen LogP contribution is 2.15. The van der Waals surface area contributed by atoms with Gasteiger partial charge in [-0.3, -0.25) is 0 Å². The fourth-order valence-corrected chi connectivity index (χ4v) is 2.43. The summed E-state index contributed by atoms with van der Waals surface area (Å²) < 4.78 is 1.02. The lowest BCUT2D eigenvalue weighted by molar-refractivity contribution is 0.239. The number of rotatable bonds is 4. The molecule has 0 saturated carbocycles. The van der Waals surface area contributed by atoms with E-state index in [1.165, 1.54) is 0 Å². The Morgan fingerprint density at radius 3 is 2.94 bits per heavy atom. The number of carbonyl (C=O) groups excluding carboxylic acids is 1. The summed E-state index contributed by atoms with van der Waals surface area (Å²) in [5, 5.41) is 9.06.